The topological polar surface area (TPSA) is 41.5 Å². The van der Waals surface area contributed by atoms with Crippen molar-refractivity contribution < 1.29 is 4.79 Å². The summed E-state index contributed by atoms with van der Waals surface area (Å²) in [5.41, 5.74) is 3.47. The fourth-order valence-corrected chi connectivity index (χ4v) is 0.759. The van der Waals surface area contributed by atoms with Gasteiger partial charge in [-0.25, -0.2) is 5.43 Å². The molecule has 0 aromatic heterocycles. The normalized spacial score (nSPS) is 18.8. The number of rotatable bonds is 2. The lowest BCUT2D eigenvalue weighted by Crippen LogP contribution is -2.15. The average Bonchev–Trinajstić information content (AvgIpc) is 2.63. The molecule has 0 atom stereocenters. The van der Waals surface area contributed by atoms with E-state index in [0.29, 0.717) is 5.92 Å². The third-order valence-electron chi connectivity index (χ3n) is 1.56. The van der Waals surface area contributed by atoms with Crippen molar-refractivity contribution in [1.82, 2.24) is 5.43 Å². The molecule has 10 heavy (non-hydrogen) atoms. The maximum atomic E-state index is 10.4. The Bertz CT molecular complexity index is 170. The number of carbonyl (C=O) groups excluding carboxylic acids is 1. The largest absolute Gasteiger partial charge is 0.274 e. The molecule has 0 aliphatic heterocycles. The quantitative estimate of drug-likeness (QED) is 0.449. The van der Waals surface area contributed by atoms with Gasteiger partial charge >= 0.3 is 0 Å². The van der Waals surface area contributed by atoms with Crippen molar-refractivity contribution in [3.8, 4) is 0 Å². The van der Waals surface area contributed by atoms with Crippen LogP contribution in [0, 0.1) is 5.92 Å². The Kier molecular flexibility index (Phi) is 2.04. The minimum Gasteiger partial charge on any atom is -0.274 e. The van der Waals surface area contributed by atoms with Crippen LogP contribution in [-0.2, 0) is 4.79 Å². The fourth-order valence-electron chi connectivity index (χ4n) is 0.759. The van der Waals surface area contributed by atoms with E-state index >= 15 is 0 Å². The molecule has 56 valence electrons. The number of nitrogens with one attached hydrogen (secondary N) is 1. The van der Waals surface area contributed by atoms with E-state index in [4.69, 9.17) is 0 Å². The molecule has 1 saturated carbocycles. The molecule has 0 radical (unpaired) electrons. The van der Waals surface area contributed by atoms with Crippen LogP contribution < -0.4 is 5.43 Å². The smallest absolute Gasteiger partial charge is 0.236 e. The monoisotopic (exact) mass is 140 g/mol. The second kappa shape index (κ2) is 2.82. The van der Waals surface area contributed by atoms with Crippen LogP contribution in [0.1, 0.15) is 26.7 Å². The van der Waals surface area contributed by atoms with Crippen LogP contribution in [0.4, 0.5) is 0 Å². The molecule has 1 amide bonds. The summed E-state index contributed by atoms with van der Waals surface area (Å²) in [6.07, 6.45) is 2.46. The summed E-state index contributed by atoms with van der Waals surface area (Å²) in [4.78, 5) is 10.4. The van der Waals surface area contributed by atoms with E-state index in [9.17, 15) is 4.79 Å². The molecule has 3 nitrogen and oxygen atoms in total. The van der Waals surface area contributed by atoms with Crippen LogP contribution in [0.2, 0.25) is 0 Å². The van der Waals surface area contributed by atoms with Gasteiger partial charge in [-0.3, -0.25) is 4.79 Å². The van der Waals surface area contributed by atoms with Crippen molar-refractivity contribution in [2.45, 2.75) is 26.7 Å². The number of amides is 1. The summed E-state index contributed by atoms with van der Waals surface area (Å²) in [7, 11) is 0. The predicted molar refractivity (Wildman–Crippen MR) is 39.6 cm³/mol. The molecule has 0 saturated heterocycles. The van der Waals surface area contributed by atoms with Crippen LogP contribution in [0.15, 0.2) is 5.10 Å². The molecule has 1 rings (SSSR count). The average molecular weight is 140 g/mol. The Labute approximate surface area is 60.5 Å². The Balaban J connectivity index is 2.30. The first kappa shape index (κ1) is 7.25. The van der Waals surface area contributed by atoms with Crippen LogP contribution in [-0.4, -0.2) is 11.6 Å². The molecule has 3 heteroatoms. The Morgan fingerprint density at radius 2 is 2.10 bits per heavy atom. The number of hydrogen-bond acceptors (Lipinski definition) is 2. The van der Waals surface area contributed by atoms with Gasteiger partial charge in [0, 0.05) is 12.6 Å². The van der Waals surface area contributed by atoms with Gasteiger partial charge in [0.25, 0.3) is 0 Å². The van der Waals surface area contributed by atoms with Crippen molar-refractivity contribution in [2.75, 3.05) is 0 Å². The highest BCUT2D eigenvalue weighted by atomic mass is 16.2. The maximum Gasteiger partial charge on any atom is 0.236 e. The number of hydrogen-bond donors (Lipinski definition) is 1. The van der Waals surface area contributed by atoms with Crippen molar-refractivity contribution in [2.24, 2.45) is 11.0 Å². The first-order valence-corrected chi connectivity index (χ1v) is 3.51. The summed E-state index contributed by atoms with van der Waals surface area (Å²) in [6.45, 7) is 3.41. The van der Waals surface area contributed by atoms with E-state index in [1.165, 1.54) is 19.8 Å². The molecule has 1 N–H and O–H groups in total. The second-order valence-electron chi connectivity index (χ2n) is 2.70. The van der Waals surface area contributed by atoms with E-state index in [1.54, 1.807) is 0 Å². The lowest BCUT2D eigenvalue weighted by Gasteiger charge is -1.95. The highest BCUT2D eigenvalue weighted by Crippen LogP contribution is 2.29. The molecule has 1 aliphatic carbocycles. The lowest BCUT2D eigenvalue weighted by molar-refractivity contribution is -0.118. The minimum absolute atomic E-state index is 0.0972. The Hall–Kier alpha value is -0.860. The van der Waals surface area contributed by atoms with Crippen LogP contribution >= 0.6 is 0 Å². The van der Waals surface area contributed by atoms with Gasteiger partial charge in [0.1, 0.15) is 0 Å². The summed E-state index contributed by atoms with van der Waals surface area (Å²) < 4.78 is 0. The maximum absolute atomic E-state index is 10.4. The van der Waals surface area contributed by atoms with E-state index in [-0.39, 0.29) is 5.91 Å². The molecule has 0 heterocycles. The standard InChI is InChI=1S/C7H12N2O/c1-5(7-3-4-7)8-9-6(2)10/h7H,3-4H2,1-2H3,(H,9,10)/b8-5+. The Morgan fingerprint density at radius 1 is 1.50 bits per heavy atom. The zero-order valence-electron chi connectivity index (χ0n) is 6.35. The molecule has 0 spiro atoms. The third kappa shape index (κ3) is 2.17. The van der Waals surface area contributed by atoms with Crippen LogP contribution in [0.25, 0.3) is 0 Å². The van der Waals surface area contributed by atoms with Gasteiger partial charge in [-0.1, -0.05) is 0 Å². The summed E-state index contributed by atoms with van der Waals surface area (Å²) in [5, 5.41) is 3.90. The molecule has 0 unspecified atom stereocenters. The van der Waals surface area contributed by atoms with E-state index < -0.39 is 0 Å². The van der Waals surface area contributed by atoms with Gasteiger partial charge in [0.15, 0.2) is 0 Å². The highest BCUT2D eigenvalue weighted by Gasteiger charge is 2.24. The van der Waals surface area contributed by atoms with Gasteiger partial charge in [0.05, 0.1) is 0 Å². The highest BCUT2D eigenvalue weighted by molar-refractivity contribution is 5.87. The van der Waals surface area contributed by atoms with Gasteiger partial charge in [-0.15, -0.1) is 0 Å². The Morgan fingerprint density at radius 3 is 2.50 bits per heavy atom. The van der Waals surface area contributed by atoms with E-state index in [1.807, 2.05) is 6.92 Å². The minimum atomic E-state index is -0.0972. The molecular formula is C7H12N2O. The molecule has 1 aliphatic rings. The van der Waals surface area contributed by atoms with Crippen LogP contribution in [0.5, 0.6) is 0 Å². The molecular weight excluding hydrogens is 128 g/mol. The second-order valence-corrected chi connectivity index (χ2v) is 2.70. The lowest BCUT2D eigenvalue weighted by atomic mass is 10.3. The van der Waals surface area contributed by atoms with Gasteiger partial charge < -0.3 is 0 Å². The summed E-state index contributed by atoms with van der Waals surface area (Å²) in [5.74, 6) is 0.548. The summed E-state index contributed by atoms with van der Waals surface area (Å²) in [6, 6.07) is 0. The van der Waals surface area contributed by atoms with Crippen LogP contribution in [0.3, 0.4) is 0 Å². The predicted octanol–water partition coefficient (Wildman–Crippen LogP) is 0.908. The number of nitrogens with zero attached hydrogens (tertiary/aromatic N) is 1. The molecule has 1 fully saturated rings. The third-order valence-corrected chi connectivity index (χ3v) is 1.56. The fraction of sp³-hybridized carbons (Fsp3) is 0.714. The summed E-state index contributed by atoms with van der Waals surface area (Å²) >= 11 is 0. The van der Waals surface area contributed by atoms with Gasteiger partial charge in [-0.05, 0) is 25.7 Å². The molecule has 0 aromatic carbocycles. The molecule has 0 bridgehead atoms. The SMILES string of the molecule is CC(=O)N/N=C(\C)C1CC1. The van der Waals surface area contributed by atoms with Crippen molar-refractivity contribution in [3.63, 3.8) is 0 Å². The first-order chi connectivity index (χ1) is 4.70. The zero-order chi connectivity index (χ0) is 7.56. The van der Waals surface area contributed by atoms with Crippen molar-refractivity contribution in [1.29, 1.82) is 0 Å². The number of hydrazone groups is 1. The molecule has 0 aromatic rings. The van der Waals surface area contributed by atoms with E-state index in [2.05, 4.69) is 10.5 Å². The zero-order valence-corrected chi connectivity index (χ0v) is 6.35. The van der Waals surface area contributed by atoms with Gasteiger partial charge in [-0.2, -0.15) is 5.10 Å². The number of carbonyl (C=O) groups is 1. The first-order valence-electron chi connectivity index (χ1n) is 3.51. The van der Waals surface area contributed by atoms with E-state index in [0.717, 1.165) is 5.71 Å². The van der Waals surface area contributed by atoms with Gasteiger partial charge in [0.2, 0.25) is 5.91 Å². The van der Waals surface area contributed by atoms with Crippen molar-refractivity contribution >= 4 is 11.6 Å². The van der Waals surface area contributed by atoms with Crippen molar-refractivity contribution in [3.05, 3.63) is 0 Å².